The number of carbonyl (C=O) groups excluding carboxylic acids is 1. The molecule has 0 radical (unpaired) electrons. The summed E-state index contributed by atoms with van der Waals surface area (Å²) in [5.41, 5.74) is 5.36. The zero-order chi connectivity index (χ0) is 20.1. The number of aromatic nitrogens is 1. The summed E-state index contributed by atoms with van der Waals surface area (Å²) in [7, 11) is 3.96. The first kappa shape index (κ1) is 19.4. The normalized spacial score (nSPS) is 10.6. The van der Waals surface area contributed by atoms with Crippen LogP contribution < -0.4 is 15.5 Å². The van der Waals surface area contributed by atoms with Gasteiger partial charge in [-0.1, -0.05) is 32.0 Å². The van der Waals surface area contributed by atoms with Crippen molar-refractivity contribution >= 4 is 28.7 Å². The van der Waals surface area contributed by atoms with E-state index in [0.717, 1.165) is 22.7 Å². The highest BCUT2D eigenvalue weighted by Crippen LogP contribution is 2.27. The van der Waals surface area contributed by atoms with Crippen molar-refractivity contribution in [3.05, 3.63) is 78.1 Å². The maximum absolute atomic E-state index is 12.6. The van der Waals surface area contributed by atoms with Crippen LogP contribution in [0, 0.1) is 0 Å². The summed E-state index contributed by atoms with van der Waals surface area (Å²) >= 11 is 0. The zero-order valence-electron chi connectivity index (χ0n) is 16.7. The third-order valence-corrected chi connectivity index (χ3v) is 4.50. The molecule has 0 spiro atoms. The van der Waals surface area contributed by atoms with E-state index in [2.05, 4.69) is 35.5 Å². The number of hydrogen-bond donors (Lipinski definition) is 2. The summed E-state index contributed by atoms with van der Waals surface area (Å²) in [6.07, 6.45) is 3.29. The van der Waals surface area contributed by atoms with Crippen molar-refractivity contribution in [1.29, 1.82) is 0 Å². The van der Waals surface area contributed by atoms with Gasteiger partial charge in [0, 0.05) is 37.4 Å². The number of nitrogens with zero attached hydrogens (tertiary/aromatic N) is 2. The predicted octanol–water partition coefficient (Wildman–Crippen LogP) is 5.27. The Labute approximate surface area is 166 Å². The van der Waals surface area contributed by atoms with E-state index in [1.165, 1.54) is 5.56 Å². The fourth-order valence-electron chi connectivity index (χ4n) is 2.95. The topological polar surface area (TPSA) is 57.3 Å². The van der Waals surface area contributed by atoms with Crippen molar-refractivity contribution in [3.63, 3.8) is 0 Å². The standard InChI is InChI=1S/C23H26N4O/c1-16(2)21-7-5-6-8-22(21)25-19-13-17(14-24-15-19)23(28)26-18-9-11-20(12-10-18)27(3)4/h5-16,25H,1-4H3,(H,26,28). The van der Waals surface area contributed by atoms with Gasteiger partial charge in [0.2, 0.25) is 0 Å². The molecule has 2 aromatic carbocycles. The van der Waals surface area contributed by atoms with Crippen molar-refractivity contribution < 1.29 is 4.79 Å². The number of pyridine rings is 1. The van der Waals surface area contributed by atoms with E-state index in [9.17, 15) is 4.79 Å². The molecular formula is C23H26N4O. The Bertz CT molecular complexity index is 949. The van der Waals surface area contributed by atoms with E-state index < -0.39 is 0 Å². The molecule has 0 atom stereocenters. The highest BCUT2D eigenvalue weighted by atomic mass is 16.1. The first-order valence-corrected chi connectivity index (χ1v) is 9.34. The van der Waals surface area contributed by atoms with Crippen molar-refractivity contribution in [2.75, 3.05) is 29.6 Å². The lowest BCUT2D eigenvalue weighted by Crippen LogP contribution is -2.13. The summed E-state index contributed by atoms with van der Waals surface area (Å²) in [5, 5.41) is 6.30. The number of anilines is 4. The van der Waals surface area contributed by atoms with Crippen LogP contribution in [0.1, 0.15) is 35.7 Å². The predicted molar refractivity (Wildman–Crippen MR) is 117 cm³/mol. The van der Waals surface area contributed by atoms with Crippen LogP contribution >= 0.6 is 0 Å². The summed E-state index contributed by atoms with van der Waals surface area (Å²) in [4.78, 5) is 18.9. The van der Waals surface area contributed by atoms with Crippen LogP contribution in [0.3, 0.4) is 0 Å². The SMILES string of the molecule is CC(C)c1ccccc1Nc1cncc(C(=O)Nc2ccc(N(C)C)cc2)c1. The summed E-state index contributed by atoms with van der Waals surface area (Å²) in [6, 6.07) is 17.7. The number of amides is 1. The lowest BCUT2D eigenvalue weighted by molar-refractivity contribution is 0.102. The molecule has 3 rings (SSSR count). The minimum absolute atomic E-state index is 0.189. The van der Waals surface area contributed by atoms with Crippen molar-refractivity contribution in [2.45, 2.75) is 19.8 Å². The van der Waals surface area contributed by atoms with Crippen LogP contribution in [0.15, 0.2) is 67.0 Å². The van der Waals surface area contributed by atoms with Gasteiger partial charge in [-0.15, -0.1) is 0 Å². The minimum atomic E-state index is -0.189. The number of nitrogens with one attached hydrogen (secondary N) is 2. The second-order valence-electron chi connectivity index (χ2n) is 7.22. The lowest BCUT2D eigenvalue weighted by Gasteiger charge is -2.15. The summed E-state index contributed by atoms with van der Waals surface area (Å²) in [5.74, 6) is 0.208. The Hall–Kier alpha value is -3.34. The van der Waals surface area contributed by atoms with Gasteiger partial charge in [-0.05, 0) is 47.9 Å². The van der Waals surface area contributed by atoms with Gasteiger partial charge in [-0.3, -0.25) is 9.78 Å². The molecule has 0 saturated heterocycles. The fourth-order valence-corrected chi connectivity index (χ4v) is 2.95. The van der Waals surface area contributed by atoms with Gasteiger partial charge in [0.25, 0.3) is 5.91 Å². The van der Waals surface area contributed by atoms with E-state index >= 15 is 0 Å². The van der Waals surface area contributed by atoms with Gasteiger partial charge in [-0.2, -0.15) is 0 Å². The molecule has 0 bridgehead atoms. The lowest BCUT2D eigenvalue weighted by atomic mass is 10.0. The Morgan fingerprint density at radius 1 is 0.964 bits per heavy atom. The van der Waals surface area contributed by atoms with Crippen LogP contribution in [-0.4, -0.2) is 25.0 Å². The van der Waals surface area contributed by atoms with Gasteiger partial charge >= 0.3 is 0 Å². The second kappa shape index (κ2) is 8.57. The molecule has 0 aliphatic carbocycles. The molecule has 0 unspecified atom stereocenters. The van der Waals surface area contributed by atoms with Crippen molar-refractivity contribution in [1.82, 2.24) is 4.98 Å². The van der Waals surface area contributed by atoms with Gasteiger partial charge in [-0.25, -0.2) is 0 Å². The molecule has 144 valence electrons. The first-order chi connectivity index (χ1) is 13.4. The van der Waals surface area contributed by atoms with E-state index in [1.807, 2.05) is 67.5 Å². The third kappa shape index (κ3) is 4.68. The number of benzene rings is 2. The summed E-state index contributed by atoms with van der Waals surface area (Å²) in [6.45, 7) is 4.31. The Morgan fingerprint density at radius 3 is 2.36 bits per heavy atom. The van der Waals surface area contributed by atoms with Crippen molar-refractivity contribution in [2.24, 2.45) is 0 Å². The van der Waals surface area contributed by atoms with E-state index in [4.69, 9.17) is 0 Å². The molecule has 5 nitrogen and oxygen atoms in total. The molecule has 0 fully saturated rings. The number of para-hydroxylation sites is 1. The van der Waals surface area contributed by atoms with E-state index in [1.54, 1.807) is 12.4 Å². The number of carbonyl (C=O) groups is 1. The van der Waals surface area contributed by atoms with Gasteiger partial charge in [0.05, 0.1) is 17.4 Å². The quantitative estimate of drug-likeness (QED) is 0.617. The van der Waals surface area contributed by atoms with E-state index in [0.29, 0.717) is 11.5 Å². The highest BCUT2D eigenvalue weighted by molar-refractivity contribution is 6.04. The average molecular weight is 374 g/mol. The Morgan fingerprint density at radius 2 is 1.68 bits per heavy atom. The van der Waals surface area contributed by atoms with Gasteiger partial charge < -0.3 is 15.5 Å². The third-order valence-electron chi connectivity index (χ3n) is 4.50. The molecule has 1 heterocycles. The van der Waals surface area contributed by atoms with Gasteiger partial charge in [0.1, 0.15) is 0 Å². The zero-order valence-corrected chi connectivity index (χ0v) is 16.7. The van der Waals surface area contributed by atoms with Crippen molar-refractivity contribution in [3.8, 4) is 0 Å². The average Bonchev–Trinajstić information content (AvgIpc) is 2.69. The fraction of sp³-hybridized carbons (Fsp3) is 0.217. The largest absolute Gasteiger partial charge is 0.378 e. The molecule has 3 aromatic rings. The van der Waals surface area contributed by atoms with Crippen LogP contribution in [0.25, 0.3) is 0 Å². The number of rotatable bonds is 6. The minimum Gasteiger partial charge on any atom is -0.378 e. The maximum Gasteiger partial charge on any atom is 0.257 e. The Balaban J connectivity index is 1.75. The van der Waals surface area contributed by atoms with Crippen LogP contribution in [0.4, 0.5) is 22.7 Å². The molecule has 0 aliphatic heterocycles. The molecule has 0 saturated carbocycles. The number of hydrogen-bond acceptors (Lipinski definition) is 4. The maximum atomic E-state index is 12.6. The highest BCUT2D eigenvalue weighted by Gasteiger charge is 2.10. The van der Waals surface area contributed by atoms with Crippen LogP contribution in [0.2, 0.25) is 0 Å². The second-order valence-corrected chi connectivity index (χ2v) is 7.22. The van der Waals surface area contributed by atoms with Crippen LogP contribution in [0.5, 0.6) is 0 Å². The van der Waals surface area contributed by atoms with Crippen LogP contribution in [-0.2, 0) is 0 Å². The smallest absolute Gasteiger partial charge is 0.257 e. The molecule has 1 amide bonds. The Kier molecular flexibility index (Phi) is 5.94. The molecule has 5 heteroatoms. The molecule has 28 heavy (non-hydrogen) atoms. The summed E-state index contributed by atoms with van der Waals surface area (Å²) < 4.78 is 0. The molecular weight excluding hydrogens is 348 g/mol. The van der Waals surface area contributed by atoms with Gasteiger partial charge in [0.15, 0.2) is 0 Å². The molecule has 0 aliphatic rings. The molecule has 2 N–H and O–H groups in total. The van der Waals surface area contributed by atoms with E-state index in [-0.39, 0.29) is 5.91 Å². The monoisotopic (exact) mass is 374 g/mol. The first-order valence-electron chi connectivity index (χ1n) is 9.34. The molecule has 1 aromatic heterocycles.